The summed E-state index contributed by atoms with van der Waals surface area (Å²) in [6, 6.07) is 4.45. The van der Waals surface area contributed by atoms with Gasteiger partial charge in [0.15, 0.2) is 0 Å². The summed E-state index contributed by atoms with van der Waals surface area (Å²) in [5.41, 5.74) is 6.41. The van der Waals surface area contributed by atoms with Crippen LogP contribution in [-0.4, -0.2) is 41.9 Å². The molecule has 0 radical (unpaired) electrons. The molecule has 114 valence electrons. The van der Waals surface area contributed by atoms with Gasteiger partial charge in [0.2, 0.25) is 0 Å². The van der Waals surface area contributed by atoms with E-state index in [0.29, 0.717) is 17.8 Å². The highest BCUT2D eigenvalue weighted by atomic mass is 16.6. The topological polar surface area (TPSA) is 102 Å². The number of benzene rings is 1. The van der Waals surface area contributed by atoms with Crippen molar-refractivity contribution in [2.24, 2.45) is 5.73 Å². The van der Waals surface area contributed by atoms with Gasteiger partial charge in [-0.1, -0.05) is 0 Å². The molecule has 0 aliphatic heterocycles. The molecule has 1 aliphatic carbocycles. The van der Waals surface area contributed by atoms with Crippen LogP contribution in [0, 0.1) is 10.1 Å². The lowest BCUT2D eigenvalue weighted by Crippen LogP contribution is -2.52. The van der Waals surface area contributed by atoms with E-state index >= 15 is 0 Å². The molecule has 0 saturated heterocycles. The van der Waals surface area contributed by atoms with Crippen LogP contribution in [0.2, 0.25) is 0 Å². The first-order chi connectivity index (χ1) is 9.82. The highest BCUT2D eigenvalue weighted by molar-refractivity contribution is 5.95. The van der Waals surface area contributed by atoms with E-state index in [2.05, 4.69) is 5.32 Å². The number of nitro benzene ring substituents is 1. The third-order valence-electron chi connectivity index (χ3n) is 3.83. The molecule has 3 N–H and O–H groups in total. The quantitative estimate of drug-likeness (QED) is 0.634. The van der Waals surface area contributed by atoms with E-state index in [-0.39, 0.29) is 17.1 Å². The summed E-state index contributed by atoms with van der Waals surface area (Å²) in [5.74, 6) is -0.265. The zero-order valence-electron chi connectivity index (χ0n) is 12.3. The van der Waals surface area contributed by atoms with E-state index in [1.165, 1.54) is 11.0 Å². The number of nitrogens with one attached hydrogen (secondary N) is 1. The molecule has 0 spiro atoms. The van der Waals surface area contributed by atoms with Gasteiger partial charge < -0.3 is 16.0 Å². The number of nitro groups is 1. The lowest BCUT2D eigenvalue weighted by molar-refractivity contribution is -0.384. The predicted octanol–water partition coefficient (Wildman–Crippen LogP) is 1.59. The number of hydrogen-bond donors (Lipinski definition) is 2. The van der Waals surface area contributed by atoms with Gasteiger partial charge in [-0.3, -0.25) is 14.9 Å². The first-order valence-electron chi connectivity index (χ1n) is 6.85. The molecule has 0 heterocycles. The van der Waals surface area contributed by atoms with Crippen LogP contribution in [0.25, 0.3) is 0 Å². The maximum Gasteiger partial charge on any atom is 0.293 e. The highest BCUT2D eigenvalue weighted by Crippen LogP contribution is 2.31. The molecule has 1 aromatic rings. The third kappa shape index (κ3) is 3.30. The molecule has 0 aromatic heterocycles. The maximum absolute atomic E-state index is 11.9. The van der Waals surface area contributed by atoms with Crippen LogP contribution in [0.15, 0.2) is 18.2 Å². The van der Waals surface area contributed by atoms with Crippen LogP contribution in [0.1, 0.15) is 29.6 Å². The van der Waals surface area contributed by atoms with Gasteiger partial charge in [-0.2, -0.15) is 0 Å². The third-order valence-corrected chi connectivity index (χ3v) is 3.83. The van der Waals surface area contributed by atoms with E-state index in [1.54, 1.807) is 26.2 Å². The molecule has 0 atom stereocenters. The van der Waals surface area contributed by atoms with Gasteiger partial charge in [-0.25, -0.2) is 0 Å². The summed E-state index contributed by atoms with van der Waals surface area (Å²) in [7, 11) is 3.21. The van der Waals surface area contributed by atoms with Crippen molar-refractivity contribution >= 4 is 17.3 Å². The first kappa shape index (κ1) is 15.2. The van der Waals surface area contributed by atoms with Crippen molar-refractivity contribution in [3.63, 3.8) is 0 Å². The Morgan fingerprint density at radius 3 is 2.62 bits per heavy atom. The van der Waals surface area contributed by atoms with Gasteiger partial charge in [0.1, 0.15) is 5.69 Å². The molecule has 0 unspecified atom stereocenters. The molecular formula is C14H20N4O3. The monoisotopic (exact) mass is 292 g/mol. The number of carbonyl (C=O) groups excluding carboxylic acids is 1. The number of carbonyl (C=O) groups is 1. The van der Waals surface area contributed by atoms with Gasteiger partial charge in [0, 0.05) is 37.8 Å². The minimum atomic E-state index is -0.487. The Hall–Kier alpha value is -2.15. The lowest BCUT2D eigenvalue weighted by Gasteiger charge is -2.38. The summed E-state index contributed by atoms with van der Waals surface area (Å²) in [6.45, 7) is 0.495. The van der Waals surface area contributed by atoms with E-state index in [1.807, 2.05) is 0 Å². The predicted molar refractivity (Wildman–Crippen MR) is 80.4 cm³/mol. The van der Waals surface area contributed by atoms with Crippen molar-refractivity contribution in [3.05, 3.63) is 33.9 Å². The standard InChI is InChI=1S/C14H20N4O3/c1-17(2)13(19)10-4-5-11(12(8-10)18(20)21)16-9-14(15)6-3-7-14/h4-5,8,16H,3,6-7,9,15H2,1-2H3. The zero-order valence-corrected chi connectivity index (χ0v) is 12.3. The molecule has 0 bridgehead atoms. The second-order valence-electron chi connectivity index (χ2n) is 5.76. The average Bonchev–Trinajstić information content (AvgIpc) is 2.41. The molecule has 1 saturated carbocycles. The minimum Gasteiger partial charge on any atom is -0.378 e. The molecule has 2 rings (SSSR count). The highest BCUT2D eigenvalue weighted by Gasteiger charge is 2.32. The molecule has 1 aliphatic rings. The first-order valence-corrected chi connectivity index (χ1v) is 6.85. The van der Waals surface area contributed by atoms with Gasteiger partial charge >= 0.3 is 0 Å². The van der Waals surface area contributed by atoms with Gasteiger partial charge in [0.05, 0.1) is 4.92 Å². The summed E-state index contributed by atoms with van der Waals surface area (Å²) in [4.78, 5) is 23.9. The normalized spacial score (nSPS) is 16.0. The number of nitrogens with zero attached hydrogens (tertiary/aromatic N) is 2. The molecule has 1 aromatic carbocycles. The number of amides is 1. The van der Waals surface area contributed by atoms with Crippen LogP contribution in [0.3, 0.4) is 0 Å². The Labute approximate surface area is 123 Å². The fourth-order valence-corrected chi connectivity index (χ4v) is 2.30. The van der Waals surface area contributed by atoms with E-state index in [4.69, 9.17) is 5.73 Å². The Balaban J connectivity index is 2.20. The molecule has 21 heavy (non-hydrogen) atoms. The van der Waals surface area contributed by atoms with Gasteiger partial charge in [-0.15, -0.1) is 0 Å². The molecule has 7 heteroatoms. The Bertz CT molecular complexity index is 567. The molecule has 7 nitrogen and oxygen atoms in total. The largest absolute Gasteiger partial charge is 0.378 e. The fourth-order valence-electron chi connectivity index (χ4n) is 2.30. The molecule has 1 fully saturated rings. The number of anilines is 1. The lowest BCUT2D eigenvalue weighted by atomic mass is 9.78. The Kier molecular flexibility index (Phi) is 4.13. The van der Waals surface area contributed by atoms with Gasteiger partial charge in [0.25, 0.3) is 11.6 Å². The van der Waals surface area contributed by atoms with Crippen molar-refractivity contribution in [1.82, 2.24) is 4.90 Å². The summed E-state index contributed by atoms with van der Waals surface area (Å²) in [6.07, 6.45) is 2.94. The number of nitrogens with two attached hydrogens (primary N) is 1. The van der Waals surface area contributed by atoms with Gasteiger partial charge in [-0.05, 0) is 31.4 Å². The molecular weight excluding hydrogens is 272 g/mol. The average molecular weight is 292 g/mol. The van der Waals surface area contributed by atoms with Crippen LogP contribution in [0.4, 0.5) is 11.4 Å². The Morgan fingerprint density at radius 1 is 1.48 bits per heavy atom. The summed E-state index contributed by atoms with van der Waals surface area (Å²) in [5, 5.41) is 14.2. The van der Waals surface area contributed by atoms with Crippen molar-refractivity contribution in [1.29, 1.82) is 0 Å². The smallest absolute Gasteiger partial charge is 0.293 e. The van der Waals surface area contributed by atoms with E-state index in [0.717, 1.165) is 19.3 Å². The summed E-state index contributed by atoms with van der Waals surface area (Å²) < 4.78 is 0. The zero-order chi connectivity index (χ0) is 15.6. The maximum atomic E-state index is 11.9. The van der Waals surface area contributed by atoms with Crippen molar-refractivity contribution in [2.75, 3.05) is 26.0 Å². The number of rotatable bonds is 5. The summed E-state index contributed by atoms with van der Waals surface area (Å²) >= 11 is 0. The Morgan fingerprint density at radius 2 is 2.14 bits per heavy atom. The van der Waals surface area contributed by atoms with Crippen LogP contribution >= 0.6 is 0 Å². The SMILES string of the molecule is CN(C)C(=O)c1ccc(NCC2(N)CCC2)c([N+](=O)[O-])c1. The fraction of sp³-hybridized carbons (Fsp3) is 0.500. The van der Waals surface area contributed by atoms with Crippen LogP contribution in [-0.2, 0) is 0 Å². The van der Waals surface area contributed by atoms with Crippen molar-refractivity contribution in [2.45, 2.75) is 24.8 Å². The minimum absolute atomic E-state index is 0.106. The number of hydrogen-bond acceptors (Lipinski definition) is 5. The van der Waals surface area contributed by atoms with Crippen LogP contribution < -0.4 is 11.1 Å². The van der Waals surface area contributed by atoms with E-state index in [9.17, 15) is 14.9 Å². The second kappa shape index (κ2) is 5.69. The van der Waals surface area contributed by atoms with Crippen molar-refractivity contribution < 1.29 is 9.72 Å². The van der Waals surface area contributed by atoms with Crippen molar-refractivity contribution in [3.8, 4) is 0 Å². The van der Waals surface area contributed by atoms with E-state index < -0.39 is 4.92 Å². The van der Waals surface area contributed by atoms with Crippen LogP contribution in [0.5, 0.6) is 0 Å². The molecule has 1 amide bonds. The second-order valence-corrected chi connectivity index (χ2v) is 5.76.